The van der Waals surface area contributed by atoms with Gasteiger partial charge in [-0.15, -0.1) is 0 Å². The third-order valence-corrected chi connectivity index (χ3v) is 3.15. The Morgan fingerprint density at radius 2 is 2.31 bits per heavy atom. The second-order valence-corrected chi connectivity index (χ2v) is 4.17. The van der Waals surface area contributed by atoms with Gasteiger partial charge in [0.15, 0.2) is 0 Å². The topological polar surface area (TPSA) is 41.1 Å². The van der Waals surface area contributed by atoms with Crippen molar-refractivity contribution in [2.75, 3.05) is 25.1 Å². The van der Waals surface area contributed by atoms with Crippen molar-refractivity contribution in [1.29, 1.82) is 0 Å². The van der Waals surface area contributed by atoms with Crippen LogP contribution in [0.3, 0.4) is 0 Å². The molecule has 0 aliphatic carbocycles. The molecule has 2 aromatic rings. The highest BCUT2D eigenvalue weighted by Crippen LogP contribution is 2.21. The molecule has 0 saturated carbocycles. The zero-order valence-corrected chi connectivity index (χ0v) is 9.31. The quantitative estimate of drug-likeness (QED) is 0.833. The Bertz CT molecular complexity index is 461. The average molecular weight is 217 g/mol. The molecule has 0 bridgehead atoms. The number of hydrogen-bond acceptors (Lipinski definition) is 3. The van der Waals surface area contributed by atoms with Crippen LogP contribution in [0, 0.1) is 0 Å². The van der Waals surface area contributed by atoms with Gasteiger partial charge >= 0.3 is 0 Å². The first-order valence-electron chi connectivity index (χ1n) is 5.59. The summed E-state index contributed by atoms with van der Waals surface area (Å²) in [7, 11) is 1.77. The standard InChI is InChI=1S/C12H15N3O/c1-16-9-6-7-15(8-9)12-13-10-4-2-3-5-11(10)14-12/h2-5,9H,6-8H2,1H3,(H,13,14). The summed E-state index contributed by atoms with van der Waals surface area (Å²) in [4.78, 5) is 10.2. The monoisotopic (exact) mass is 217 g/mol. The molecule has 1 aliphatic heterocycles. The molecule has 1 aromatic carbocycles. The Balaban J connectivity index is 1.89. The Labute approximate surface area is 94.2 Å². The maximum atomic E-state index is 5.35. The summed E-state index contributed by atoms with van der Waals surface area (Å²) >= 11 is 0. The minimum atomic E-state index is 0.341. The van der Waals surface area contributed by atoms with Gasteiger partial charge in [0.05, 0.1) is 17.1 Å². The Hall–Kier alpha value is -1.55. The lowest BCUT2D eigenvalue weighted by Crippen LogP contribution is -2.23. The number of aromatic amines is 1. The van der Waals surface area contributed by atoms with E-state index in [-0.39, 0.29) is 0 Å². The highest BCUT2D eigenvalue weighted by molar-refractivity contribution is 5.77. The third kappa shape index (κ3) is 1.55. The molecule has 1 aliphatic rings. The summed E-state index contributed by atoms with van der Waals surface area (Å²) in [6.07, 6.45) is 1.42. The maximum Gasteiger partial charge on any atom is 0.203 e. The first-order valence-corrected chi connectivity index (χ1v) is 5.59. The molecule has 4 heteroatoms. The molecule has 2 heterocycles. The van der Waals surface area contributed by atoms with Crippen molar-refractivity contribution in [3.63, 3.8) is 0 Å². The summed E-state index contributed by atoms with van der Waals surface area (Å²) in [5, 5.41) is 0. The lowest BCUT2D eigenvalue weighted by atomic mass is 10.3. The molecule has 3 rings (SSSR count). The minimum absolute atomic E-state index is 0.341. The van der Waals surface area contributed by atoms with Crippen molar-refractivity contribution in [1.82, 2.24) is 9.97 Å². The van der Waals surface area contributed by atoms with Crippen molar-refractivity contribution in [2.24, 2.45) is 0 Å². The summed E-state index contributed by atoms with van der Waals surface area (Å²) in [5.74, 6) is 0.959. The van der Waals surface area contributed by atoms with Crippen LogP contribution in [0.5, 0.6) is 0 Å². The van der Waals surface area contributed by atoms with Crippen molar-refractivity contribution < 1.29 is 4.74 Å². The highest BCUT2D eigenvalue weighted by atomic mass is 16.5. The van der Waals surface area contributed by atoms with Gasteiger partial charge in [-0.3, -0.25) is 0 Å². The van der Waals surface area contributed by atoms with Gasteiger partial charge in [0.2, 0.25) is 5.95 Å². The minimum Gasteiger partial charge on any atom is -0.380 e. The number of hydrogen-bond donors (Lipinski definition) is 1. The Kier molecular flexibility index (Phi) is 2.29. The van der Waals surface area contributed by atoms with E-state index in [1.807, 2.05) is 18.2 Å². The molecule has 0 spiro atoms. The van der Waals surface area contributed by atoms with Gasteiger partial charge in [0.25, 0.3) is 0 Å². The van der Waals surface area contributed by atoms with Crippen molar-refractivity contribution in [2.45, 2.75) is 12.5 Å². The molecule has 1 N–H and O–H groups in total. The molecule has 1 aromatic heterocycles. The zero-order chi connectivity index (χ0) is 11.0. The van der Waals surface area contributed by atoms with Gasteiger partial charge in [-0.2, -0.15) is 0 Å². The van der Waals surface area contributed by atoms with Crippen LogP contribution in [0.15, 0.2) is 24.3 Å². The second kappa shape index (κ2) is 3.79. The van der Waals surface area contributed by atoms with Crippen molar-refractivity contribution in [3.05, 3.63) is 24.3 Å². The number of methoxy groups -OCH3 is 1. The third-order valence-electron chi connectivity index (χ3n) is 3.15. The Morgan fingerprint density at radius 1 is 1.44 bits per heavy atom. The number of nitrogens with one attached hydrogen (secondary N) is 1. The number of ether oxygens (including phenoxy) is 1. The van der Waals surface area contributed by atoms with E-state index < -0.39 is 0 Å². The molecule has 1 unspecified atom stereocenters. The van der Waals surface area contributed by atoms with Crippen LogP contribution in [0.1, 0.15) is 6.42 Å². The predicted molar refractivity (Wildman–Crippen MR) is 63.7 cm³/mol. The molecule has 4 nitrogen and oxygen atoms in total. The summed E-state index contributed by atoms with van der Waals surface area (Å²) < 4.78 is 5.35. The normalized spacial score (nSPS) is 20.8. The number of nitrogens with zero attached hydrogens (tertiary/aromatic N) is 2. The van der Waals surface area contributed by atoms with Crippen LogP contribution < -0.4 is 4.90 Å². The Morgan fingerprint density at radius 3 is 3.06 bits per heavy atom. The van der Waals surface area contributed by atoms with E-state index in [0.717, 1.165) is 36.5 Å². The number of benzene rings is 1. The van der Waals surface area contributed by atoms with E-state index in [4.69, 9.17) is 4.74 Å². The number of aromatic nitrogens is 2. The fourth-order valence-electron chi connectivity index (χ4n) is 2.20. The first-order chi connectivity index (χ1) is 7.86. The van der Waals surface area contributed by atoms with Gasteiger partial charge in [-0.05, 0) is 18.6 Å². The van der Waals surface area contributed by atoms with Crippen LogP contribution in [-0.2, 0) is 4.74 Å². The number of anilines is 1. The molecule has 16 heavy (non-hydrogen) atoms. The lowest BCUT2D eigenvalue weighted by Gasteiger charge is -2.13. The van der Waals surface area contributed by atoms with Gasteiger partial charge < -0.3 is 14.6 Å². The van der Waals surface area contributed by atoms with Crippen LogP contribution in [-0.4, -0.2) is 36.3 Å². The molecular formula is C12H15N3O. The zero-order valence-electron chi connectivity index (χ0n) is 9.31. The number of H-pyrrole nitrogens is 1. The van der Waals surface area contributed by atoms with E-state index in [9.17, 15) is 0 Å². The molecule has 1 fully saturated rings. The van der Waals surface area contributed by atoms with E-state index in [1.54, 1.807) is 7.11 Å². The maximum absolute atomic E-state index is 5.35. The van der Waals surface area contributed by atoms with Crippen molar-refractivity contribution >= 4 is 17.0 Å². The number of para-hydroxylation sites is 2. The van der Waals surface area contributed by atoms with Crippen molar-refractivity contribution in [3.8, 4) is 0 Å². The largest absolute Gasteiger partial charge is 0.380 e. The predicted octanol–water partition coefficient (Wildman–Crippen LogP) is 1.79. The molecule has 84 valence electrons. The van der Waals surface area contributed by atoms with Crippen LogP contribution in [0.25, 0.3) is 11.0 Å². The van der Waals surface area contributed by atoms with Crippen LogP contribution in [0.2, 0.25) is 0 Å². The SMILES string of the molecule is COC1CCN(c2nc3ccccc3[nH]2)C1. The number of imidazole rings is 1. The number of rotatable bonds is 2. The molecule has 1 atom stereocenters. The fraction of sp³-hybridized carbons (Fsp3) is 0.417. The summed E-state index contributed by atoms with van der Waals surface area (Å²) in [5.41, 5.74) is 2.12. The lowest BCUT2D eigenvalue weighted by molar-refractivity contribution is 0.121. The van der Waals surface area contributed by atoms with E-state index in [1.165, 1.54) is 0 Å². The average Bonchev–Trinajstić information content (AvgIpc) is 2.95. The summed E-state index contributed by atoms with van der Waals surface area (Å²) in [6.45, 7) is 1.94. The van der Waals surface area contributed by atoms with E-state index in [2.05, 4.69) is 20.9 Å². The van der Waals surface area contributed by atoms with E-state index >= 15 is 0 Å². The number of fused-ring (bicyclic) bond motifs is 1. The summed E-state index contributed by atoms with van der Waals surface area (Å²) in [6, 6.07) is 8.11. The van der Waals surface area contributed by atoms with Crippen LogP contribution >= 0.6 is 0 Å². The van der Waals surface area contributed by atoms with Gasteiger partial charge in [0, 0.05) is 20.2 Å². The first kappa shape index (κ1) is 9.66. The van der Waals surface area contributed by atoms with E-state index in [0.29, 0.717) is 6.10 Å². The molecule has 1 saturated heterocycles. The van der Waals surface area contributed by atoms with Gasteiger partial charge in [-0.25, -0.2) is 4.98 Å². The smallest absolute Gasteiger partial charge is 0.203 e. The highest BCUT2D eigenvalue weighted by Gasteiger charge is 2.24. The fourth-order valence-corrected chi connectivity index (χ4v) is 2.20. The van der Waals surface area contributed by atoms with Crippen LogP contribution in [0.4, 0.5) is 5.95 Å². The molecular weight excluding hydrogens is 202 g/mol. The molecule has 0 amide bonds. The molecule has 0 radical (unpaired) electrons. The van der Waals surface area contributed by atoms with Gasteiger partial charge in [0.1, 0.15) is 0 Å². The van der Waals surface area contributed by atoms with Gasteiger partial charge in [-0.1, -0.05) is 12.1 Å². The second-order valence-electron chi connectivity index (χ2n) is 4.17.